The van der Waals surface area contributed by atoms with Crippen LogP contribution in [0.3, 0.4) is 0 Å². The predicted molar refractivity (Wildman–Crippen MR) is 88.6 cm³/mol. The Bertz CT molecular complexity index is 685. The first-order valence-corrected chi connectivity index (χ1v) is 8.84. The van der Waals surface area contributed by atoms with E-state index in [0.29, 0.717) is 11.1 Å². The number of hydrogen-bond acceptors (Lipinski definition) is 4. The summed E-state index contributed by atoms with van der Waals surface area (Å²) in [5, 5.41) is 9.41. The highest BCUT2D eigenvalue weighted by atomic mass is 31.2. The standard InChI is InChI=1S/C17H21O5P/c1-13(2)22-23(19,20)21-12-15-8-14(11-18)9-17(10-15)16-6-4-3-5-7-16/h3-10,13,18H,11-12H2,1-2H3,(H,19,20). The summed E-state index contributed by atoms with van der Waals surface area (Å²) in [6.07, 6.45) is -0.408. The van der Waals surface area contributed by atoms with E-state index in [1.54, 1.807) is 19.9 Å². The Morgan fingerprint density at radius 1 is 1.04 bits per heavy atom. The Balaban J connectivity index is 2.21. The summed E-state index contributed by atoms with van der Waals surface area (Å²) in [5.74, 6) is 0. The zero-order chi connectivity index (χ0) is 16.9. The van der Waals surface area contributed by atoms with Gasteiger partial charge in [0.2, 0.25) is 0 Å². The molecule has 0 saturated carbocycles. The lowest BCUT2D eigenvalue weighted by Gasteiger charge is -2.15. The van der Waals surface area contributed by atoms with Gasteiger partial charge < -0.3 is 10.00 Å². The van der Waals surface area contributed by atoms with Crippen LogP contribution in [0.2, 0.25) is 0 Å². The number of hydrogen-bond donors (Lipinski definition) is 2. The van der Waals surface area contributed by atoms with Crippen molar-refractivity contribution in [3.8, 4) is 11.1 Å². The Morgan fingerprint density at radius 2 is 1.70 bits per heavy atom. The summed E-state index contributed by atoms with van der Waals surface area (Å²) in [4.78, 5) is 9.62. The summed E-state index contributed by atoms with van der Waals surface area (Å²) in [6.45, 7) is 3.12. The van der Waals surface area contributed by atoms with Crippen molar-refractivity contribution >= 4 is 7.82 Å². The summed E-state index contributed by atoms with van der Waals surface area (Å²) in [6, 6.07) is 15.2. The van der Waals surface area contributed by atoms with Crippen LogP contribution < -0.4 is 0 Å². The summed E-state index contributed by atoms with van der Waals surface area (Å²) < 4.78 is 21.7. The van der Waals surface area contributed by atoms with Gasteiger partial charge in [0.1, 0.15) is 0 Å². The molecule has 0 bridgehead atoms. The lowest BCUT2D eigenvalue weighted by Crippen LogP contribution is -2.03. The molecule has 2 N–H and O–H groups in total. The minimum atomic E-state index is -4.09. The molecule has 124 valence electrons. The lowest BCUT2D eigenvalue weighted by atomic mass is 10.0. The van der Waals surface area contributed by atoms with Gasteiger partial charge in [-0.05, 0) is 48.2 Å². The second-order valence-corrected chi connectivity index (χ2v) is 6.86. The average molecular weight is 336 g/mol. The van der Waals surface area contributed by atoms with Crippen LogP contribution in [0, 0.1) is 0 Å². The van der Waals surface area contributed by atoms with Crippen molar-refractivity contribution in [1.82, 2.24) is 0 Å². The predicted octanol–water partition coefficient (Wildman–Crippen LogP) is 3.89. The molecule has 0 spiro atoms. The van der Waals surface area contributed by atoms with E-state index >= 15 is 0 Å². The highest BCUT2D eigenvalue weighted by Gasteiger charge is 2.22. The van der Waals surface area contributed by atoms with Crippen molar-refractivity contribution in [3.63, 3.8) is 0 Å². The molecular formula is C17H21O5P. The van der Waals surface area contributed by atoms with Crippen LogP contribution in [0.15, 0.2) is 48.5 Å². The zero-order valence-electron chi connectivity index (χ0n) is 13.2. The molecule has 5 nitrogen and oxygen atoms in total. The molecule has 1 unspecified atom stereocenters. The highest BCUT2D eigenvalue weighted by Crippen LogP contribution is 2.45. The molecule has 1 atom stereocenters. The monoisotopic (exact) mass is 336 g/mol. The molecule has 2 aromatic carbocycles. The largest absolute Gasteiger partial charge is 0.472 e. The van der Waals surface area contributed by atoms with Gasteiger partial charge >= 0.3 is 7.82 Å². The first kappa shape index (κ1) is 17.9. The molecule has 0 saturated heterocycles. The minimum Gasteiger partial charge on any atom is -0.392 e. The molecule has 0 aliphatic heterocycles. The van der Waals surface area contributed by atoms with Gasteiger partial charge in [0, 0.05) is 0 Å². The Hall–Kier alpha value is -1.49. The first-order valence-electron chi connectivity index (χ1n) is 7.34. The summed E-state index contributed by atoms with van der Waals surface area (Å²) in [5.41, 5.74) is 3.31. The quantitative estimate of drug-likeness (QED) is 0.750. The van der Waals surface area contributed by atoms with E-state index in [0.717, 1.165) is 11.1 Å². The van der Waals surface area contributed by atoms with E-state index in [4.69, 9.17) is 9.05 Å². The van der Waals surface area contributed by atoms with Gasteiger partial charge in [0.15, 0.2) is 0 Å². The molecule has 0 fully saturated rings. The third-order valence-electron chi connectivity index (χ3n) is 3.08. The van der Waals surface area contributed by atoms with Crippen LogP contribution in [0.25, 0.3) is 11.1 Å². The Kier molecular flexibility index (Phi) is 6.10. The Morgan fingerprint density at radius 3 is 2.30 bits per heavy atom. The molecule has 0 amide bonds. The van der Waals surface area contributed by atoms with E-state index in [1.165, 1.54) is 0 Å². The normalized spacial score (nSPS) is 14.0. The van der Waals surface area contributed by atoms with Gasteiger partial charge in [-0.15, -0.1) is 0 Å². The topological polar surface area (TPSA) is 76.0 Å². The van der Waals surface area contributed by atoms with Crippen LogP contribution in [0.5, 0.6) is 0 Å². The van der Waals surface area contributed by atoms with E-state index in [1.807, 2.05) is 42.5 Å². The van der Waals surface area contributed by atoms with Crippen LogP contribution in [-0.2, 0) is 26.8 Å². The molecule has 6 heteroatoms. The molecule has 0 radical (unpaired) electrons. The minimum absolute atomic E-state index is 0.0752. The SMILES string of the molecule is CC(C)OP(=O)(O)OCc1cc(CO)cc(-c2ccccc2)c1. The van der Waals surface area contributed by atoms with Crippen LogP contribution >= 0.6 is 7.82 Å². The summed E-state index contributed by atoms with van der Waals surface area (Å²) in [7, 11) is -4.09. The second-order valence-electron chi connectivity index (χ2n) is 5.46. The average Bonchev–Trinajstić information content (AvgIpc) is 2.52. The number of phosphoric ester groups is 1. The van der Waals surface area contributed by atoms with E-state index in [-0.39, 0.29) is 13.2 Å². The van der Waals surface area contributed by atoms with E-state index in [9.17, 15) is 14.6 Å². The highest BCUT2D eigenvalue weighted by molar-refractivity contribution is 7.47. The van der Waals surface area contributed by atoms with Gasteiger partial charge in [-0.25, -0.2) is 4.57 Å². The van der Waals surface area contributed by atoms with Crippen molar-refractivity contribution in [2.75, 3.05) is 0 Å². The molecule has 2 aromatic rings. The molecule has 0 aromatic heterocycles. The van der Waals surface area contributed by atoms with Crippen LogP contribution in [0.4, 0.5) is 0 Å². The maximum atomic E-state index is 11.8. The van der Waals surface area contributed by atoms with Crippen LogP contribution in [0.1, 0.15) is 25.0 Å². The maximum Gasteiger partial charge on any atom is 0.472 e. The van der Waals surface area contributed by atoms with Crippen molar-refractivity contribution in [2.24, 2.45) is 0 Å². The van der Waals surface area contributed by atoms with Crippen molar-refractivity contribution in [1.29, 1.82) is 0 Å². The summed E-state index contributed by atoms with van der Waals surface area (Å²) >= 11 is 0. The second kappa shape index (κ2) is 7.86. The third-order valence-corrected chi connectivity index (χ3v) is 4.22. The molecule has 0 aliphatic carbocycles. The van der Waals surface area contributed by atoms with Crippen LogP contribution in [-0.4, -0.2) is 16.1 Å². The zero-order valence-corrected chi connectivity index (χ0v) is 14.1. The molecule has 0 heterocycles. The molecule has 23 heavy (non-hydrogen) atoms. The van der Waals surface area contributed by atoms with Gasteiger partial charge in [0.05, 0.1) is 19.3 Å². The smallest absolute Gasteiger partial charge is 0.392 e. The number of rotatable bonds is 7. The number of aliphatic hydroxyl groups excluding tert-OH is 1. The Labute approximate surface area is 136 Å². The first-order chi connectivity index (χ1) is 10.9. The third kappa shape index (κ3) is 5.57. The molecule has 0 aliphatic rings. The van der Waals surface area contributed by atoms with Gasteiger partial charge in [-0.2, -0.15) is 0 Å². The van der Waals surface area contributed by atoms with Crippen molar-refractivity contribution < 1.29 is 23.6 Å². The van der Waals surface area contributed by atoms with Gasteiger partial charge in [-0.1, -0.05) is 36.4 Å². The van der Waals surface area contributed by atoms with Crippen molar-refractivity contribution in [2.45, 2.75) is 33.2 Å². The maximum absolute atomic E-state index is 11.8. The lowest BCUT2D eigenvalue weighted by molar-refractivity contribution is 0.116. The molecular weight excluding hydrogens is 315 g/mol. The number of phosphoric acid groups is 1. The van der Waals surface area contributed by atoms with Gasteiger partial charge in [-0.3, -0.25) is 9.05 Å². The number of aliphatic hydroxyl groups is 1. The van der Waals surface area contributed by atoms with Gasteiger partial charge in [0.25, 0.3) is 0 Å². The molecule has 2 rings (SSSR count). The van der Waals surface area contributed by atoms with E-state index < -0.39 is 13.9 Å². The fourth-order valence-corrected chi connectivity index (χ4v) is 3.09. The van der Waals surface area contributed by atoms with E-state index in [2.05, 4.69) is 0 Å². The fraction of sp³-hybridized carbons (Fsp3) is 0.294. The van der Waals surface area contributed by atoms with Crippen molar-refractivity contribution in [3.05, 3.63) is 59.7 Å². The number of benzene rings is 2. The fourth-order valence-electron chi connectivity index (χ4n) is 2.19.